The smallest absolute Gasteiger partial charge is 0.526 e. The zero-order valence-electron chi connectivity index (χ0n) is 12.8. The largest absolute Gasteiger partial charge is 0.535 e. The minimum absolute atomic E-state index is 0.0368. The molecule has 122 valence electrons. The Labute approximate surface area is 134 Å². The van der Waals surface area contributed by atoms with Crippen molar-refractivity contribution < 1.29 is 24.4 Å². The van der Waals surface area contributed by atoms with Crippen LogP contribution < -0.4 is 10.4 Å². The summed E-state index contributed by atoms with van der Waals surface area (Å²) in [7, 11) is -1.16. The zero-order valence-corrected chi connectivity index (χ0v) is 12.8. The molecule has 0 radical (unpaired) electrons. The lowest BCUT2D eigenvalue weighted by atomic mass is 9.63. The molecule has 0 bridgehead atoms. The SMILES string of the molecule is NC1CC(CC(=O)C[C@H]2Cc3cccc(C(=O)O)c3OB2O)C1. The van der Waals surface area contributed by atoms with Crippen LogP contribution in [0.4, 0.5) is 0 Å². The van der Waals surface area contributed by atoms with Crippen LogP contribution in [0.25, 0.3) is 0 Å². The fourth-order valence-electron chi connectivity index (χ4n) is 3.48. The molecule has 1 aliphatic heterocycles. The average Bonchev–Trinajstić information content (AvgIpc) is 2.45. The van der Waals surface area contributed by atoms with Crippen molar-refractivity contribution in [3.63, 3.8) is 0 Å². The molecule has 7 heteroatoms. The molecule has 0 amide bonds. The van der Waals surface area contributed by atoms with Gasteiger partial charge in [-0.05, 0) is 36.8 Å². The van der Waals surface area contributed by atoms with E-state index in [-0.39, 0.29) is 35.4 Å². The van der Waals surface area contributed by atoms with Crippen molar-refractivity contribution in [2.45, 2.75) is 44.0 Å². The minimum Gasteiger partial charge on any atom is -0.535 e. The zero-order chi connectivity index (χ0) is 16.6. The summed E-state index contributed by atoms with van der Waals surface area (Å²) in [6.07, 6.45) is 2.96. The average molecular weight is 317 g/mol. The molecule has 1 aliphatic carbocycles. The van der Waals surface area contributed by atoms with Crippen LogP contribution in [-0.2, 0) is 11.2 Å². The Kier molecular flexibility index (Phi) is 4.41. The van der Waals surface area contributed by atoms with Crippen LogP contribution in [0.3, 0.4) is 0 Å². The van der Waals surface area contributed by atoms with Crippen molar-refractivity contribution in [3.05, 3.63) is 29.3 Å². The number of carbonyl (C=O) groups excluding carboxylic acids is 1. The molecule has 0 aromatic heterocycles. The monoisotopic (exact) mass is 317 g/mol. The summed E-state index contributed by atoms with van der Waals surface area (Å²) in [5, 5.41) is 19.3. The van der Waals surface area contributed by atoms with Gasteiger partial charge in [-0.2, -0.15) is 0 Å². The van der Waals surface area contributed by atoms with Crippen molar-refractivity contribution in [3.8, 4) is 5.75 Å². The van der Waals surface area contributed by atoms with Crippen LogP contribution in [0.15, 0.2) is 18.2 Å². The first-order chi connectivity index (χ1) is 10.9. The van der Waals surface area contributed by atoms with Crippen molar-refractivity contribution >= 4 is 18.9 Å². The number of hydrogen-bond acceptors (Lipinski definition) is 5. The van der Waals surface area contributed by atoms with E-state index < -0.39 is 13.1 Å². The van der Waals surface area contributed by atoms with Gasteiger partial charge in [0.1, 0.15) is 11.5 Å². The Balaban J connectivity index is 1.65. The van der Waals surface area contributed by atoms with Crippen molar-refractivity contribution in [2.75, 3.05) is 0 Å². The van der Waals surface area contributed by atoms with E-state index in [1.165, 1.54) is 6.07 Å². The van der Waals surface area contributed by atoms with Crippen LogP contribution >= 0.6 is 0 Å². The summed E-state index contributed by atoms with van der Waals surface area (Å²) in [6.45, 7) is 0. The lowest BCUT2D eigenvalue weighted by molar-refractivity contribution is -0.120. The van der Waals surface area contributed by atoms with E-state index in [4.69, 9.17) is 15.5 Å². The molecule has 1 aromatic carbocycles. The highest BCUT2D eigenvalue weighted by Gasteiger charge is 2.38. The second kappa shape index (κ2) is 6.33. The Morgan fingerprint density at radius 3 is 2.70 bits per heavy atom. The number of aromatic carboxylic acids is 1. The Morgan fingerprint density at radius 1 is 1.30 bits per heavy atom. The summed E-state index contributed by atoms with van der Waals surface area (Å²) in [5.41, 5.74) is 6.48. The fraction of sp³-hybridized carbons (Fsp3) is 0.500. The van der Waals surface area contributed by atoms with Gasteiger partial charge >= 0.3 is 13.1 Å². The van der Waals surface area contributed by atoms with Crippen molar-refractivity contribution in [1.82, 2.24) is 0 Å². The van der Waals surface area contributed by atoms with E-state index in [0.29, 0.717) is 18.8 Å². The molecular weight excluding hydrogens is 297 g/mol. The second-order valence-electron chi connectivity index (χ2n) is 6.62. The molecule has 0 spiro atoms. The van der Waals surface area contributed by atoms with E-state index >= 15 is 0 Å². The maximum Gasteiger partial charge on any atom is 0.526 e. The number of benzene rings is 1. The summed E-state index contributed by atoms with van der Waals surface area (Å²) < 4.78 is 5.40. The molecular formula is C16H20BNO5. The molecule has 0 saturated heterocycles. The number of carboxylic acids is 1. The molecule has 0 unspecified atom stereocenters. The molecule has 23 heavy (non-hydrogen) atoms. The first kappa shape index (κ1) is 16.0. The molecule has 1 fully saturated rings. The third-order valence-electron chi connectivity index (χ3n) is 4.73. The molecule has 1 saturated carbocycles. The van der Waals surface area contributed by atoms with Gasteiger partial charge in [-0.3, -0.25) is 4.79 Å². The Bertz CT molecular complexity index is 629. The highest BCUT2D eigenvalue weighted by atomic mass is 16.5. The number of para-hydroxylation sites is 1. The van der Waals surface area contributed by atoms with Crippen LogP contribution in [-0.4, -0.2) is 35.0 Å². The van der Waals surface area contributed by atoms with Gasteiger partial charge in [0.15, 0.2) is 0 Å². The standard InChI is InChI=1S/C16H20BNO5/c18-12-4-9(5-12)6-13(19)8-11-7-10-2-1-3-14(16(20)21)15(10)23-17(11)22/h1-3,9,11-12,22H,4-8,18H2,(H,20,21)/t9?,11-,12?/m1/s1. The molecule has 1 atom stereocenters. The highest BCUT2D eigenvalue weighted by Crippen LogP contribution is 2.37. The topological polar surface area (TPSA) is 110 Å². The van der Waals surface area contributed by atoms with Crippen LogP contribution in [0, 0.1) is 5.92 Å². The van der Waals surface area contributed by atoms with E-state index in [0.717, 1.165) is 18.4 Å². The van der Waals surface area contributed by atoms with Gasteiger partial charge in [-0.15, -0.1) is 0 Å². The normalized spacial score (nSPS) is 26.0. The lowest BCUT2D eigenvalue weighted by Crippen LogP contribution is -2.38. The number of hydrogen-bond donors (Lipinski definition) is 3. The predicted octanol–water partition coefficient (Wildman–Crippen LogP) is 1.26. The quantitative estimate of drug-likeness (QED) is 0.705. The number of nitrogens with two attached hydrogens (primary N) is 1. The van der Waals surface area contributed by atoms with Gasteiger partial charge in [-0.1, -0.05) is 12.1 Å². The fourth-order valence-corrected chi connectivity index (χ4v) is 3.48. The summed E-state index contributed by atoms with van der Waals surface area (Å²) in [5.74, 6) is -0.753. The predicted molar refractivity (Wildman–Crippen MR) is 84.4 cm³/mol. The molecule has 4 N–H and O–H groups in total. The number of rotatable bonds is 5. The maximum atomic E-state index is 12.2. The van der Waals surface area contributed by atoms with Crippen molar-refractivity contribution in [1.29, 1.82) is 0 Å². The number of ketones is 1. The first-order valence-corrected chi connectivity index (χ1v) is 7.91. The van der Waals surface area contributed by atoms with Crippen LogP contribution in [0.1, 0.15) is 41.6 Å². The van der Waals surface area contributed by atoms with Gasteiger partial charge in [0, 0.05) is 24.7 Å². The number of carboxylic acid groups (broad SMARTS) is 1. The Hall–Kier alpha value is -1.86. The van der Waals surface area contributed by atoms with Gasteiger partial charge in [0.25, 0.3) is 0 Å². The molecule has 2 aliphatic rings. The highest BCUT2D eigenvalue weighted by molar-refractivity contribution is 6.47. The Morgan fingerprint density at radius 2 is 2.04 bits per heavy atom. The molecule has 6 nitrogen and oxygen atoms in total. The lowest BCUT2D eigenvalue weighted by Gasteiger charge is -2.33. The summed E-state index contributed by atoms with van der Waals surface area (Å²) >= 11 is 0. The van der Waals surface area contributed by atoms with Gasteiger partial charge in [0.05, 0.1) is 5.56 Å². The van der Waals surface area contributed by atoms with Crippen molar-refractivity contribution in [2.24, 2.45) is 11.7 Å². The third-order valence-corrected chi connectivity index (χ3v) is 4.73. The number of Topliss-reactive ketones (excluding diaryl/α,β-unsaturated/α-hetero) is 1. The second-order valence-corrected chi connectivity index (χ2v) is 6.62. The van der Waals surface area contributed by atoms with E-state index in [2.05, 4.69) is 0 Å². The van der Waals surface area contributed by atoms with Gasteiger partial charge < -0.3 is 20.5 Å². The van der Waals surface area contributed by atoms with E-state index in [9.17, 15) is 14.6 Å². The number of fused-ring (bicyclic) bond motifs is 1. The van der Waals surface area contributed by atoms with Gasteiger partial charge in [-0.25, -0.2) is 4.79 Å². The maximum absolute atomic E-state index is 12.2. The van der Waals surface area contributed by atoms with E-state index in [1.54, 1.807) is 12.1 Å². The molecule has 1 aromatic rings. The van der Waals surface area contributed by atoms with Gasteiger partial charge in [0.2, 0.25) is 0 Å². The third kappa shape index (κ3) is 3.40. The minimum atomic E-state index is -1.16. The number of carbonyl (C=O) groups is 2. The first-order valence-electron chi connectivity index (χ1n) is 7.91. The van der Waals surface area contributed by atoms with Crippen LogP contribution in [0.2, 0.25) is 5.82 Å². The molecule has 3 rings (SSSR count). The molecule has 1 heterocycles. The van der Waals surface area contributed by atoms with Crippen LogP contribution in [0.5, 0.6) is 5.75 Å². The summed E-state index contributed by atoms with van der Waals surface area (Å²) in [4.78, 5) is 23.4. The summed E-state index contributed by atoms with van der Waals surface area (Å²) in [6, 6.07) is 5.09. The van der Waals surface area contributed by atoms with E-state index in [1.807, 2.05) is 0 Å².